The average Bonchev–Trinajstić information content (AvgIpc) is 2.64. The minimum Gasteiger partial charge on any atom is -0.465 e. The van der Waals surface area contributed by atoms with Crippen molar-refractivity contribution in [2.45, 2.75) is 51.4 Å². The summed E-state index contributed by atoms with van der Waals surface area (Å²) in [6, 6.07) is 21.7. The predicted octanol–water partition coefficient (Wildman–Crippen LogP) is 4.51. The van der Waals surface area contributed by atoms with Gasteiger partial charge < -0.3 is 10.4 Å². The van der Waals surface area contributed by atoms with Crippen LogP contribution in [0.3, 0.4) is 0 Å². The fourth-order valence-corrected chi connectivity index (χ4v) is 4.02. The summed E-state index contributed by atoms with van der Waals surface area (Å²) in [6.45, 7) is 4.00. The molecule has 0 radical (unpaired) electrons. The van der Waals surface area contributed by atoms with Gasteiger partial charge in [-0.1, -0.05) is 67.6 Å². The Balaban J connectivity index is 1.71. The van der Waals surface area contributed by atoms with Gasteiger partial charge in [-0.05, 0) is 36.3 Å². The van der Waals surface area contributed by atoms with Crippen LogP contribution < -0.4 is 5.32 Å². The smallest absolute Gasteiger partial charge is 0.404 e. The van der Waals surface area contributed by atoms with Crippen molar-refractivity contribution in [2.75, 3.05) is 0 Å². The topological polar surface area (TPSA) is 52.6 Å². The van der Waals surface area contributed by atoms with Crippen LogP contribution in [0.25, 0.3) is 0 Å². The Labute approximate surface area is 155 Å². The third-order valence-corrected chi connectivity index (χ3v) is 5.42. The molecule has 0 bridgehead atoms. The van der Waals surface area contributed by atoms with E-state index >= 15 is 0 Å². The first-order valence-electron chi connectivity index (χ1n) is 9.43. The van der Waals surface area contributed by atoms with Crippen molar-refractivity contribution < 1.29 is 9.90 Å². The van der Waals surface area contributed by atoms with E-state index in [4.69, 9.17) is 5.11 Å². The Morgan fingerprint density at radius 2 is 1.54 bits per heavy atom. The van der Waals surface area contributed by atoms with Gasteiger partial charge in [0.25, 0.3) is 0 Å². The second-order valence-corrected chi connectivity index (χ2v) is 7.38. The molecule has 4 heteroatoms. The van der Waals surface area contributed by atoms with Crippen molar-refractivity contribution in [1.82, 2.24) is 10.2 Å². The number of carboxylic acid groups (broad SMARTS) is 1. The maximum absolute atomic E-state index is 11.0. The van der Waals surface area contributed by atoms with Gasteiger partial charge in [0.05, 0.1) is 0 Å². The van der Waals surface area contributed by atoms with E-state index in [-0.39, 0.29) is 6.04 Å². The zero-order chi connectivity index (χ0) is 18.4. The molecule has 1 aliphatic rings. The zero-order valence-electron chi connectivity index (χ0n) is 15.3. The van der Waals surface area contributed by atoms with Gasteiger partial charge in [-0.25, -0.2) is 4.79 Å². The Hall–Kier alpha value is -2.33. The minimum atomic E-state index is -0.911. The normalized spacial score (nSPS) is 22.9. The Kier molecular flexibility index (Phi) is 6.29. The summed E-state index contributed by atoms with van der Waals surface area (Å²) >= 11 is 0. The summed E-state index contributed by atoms with van der Waals surface area (Å²) < 4.78 is 0. The molecule has 1 aliphatic carbocycles. The van der Waals surface area contributed by atoms with E-state index in [1.165, 1.54) is 11.1 Å². The quantitative estimate of drug-likeness (QED) is 0.804. The lowest BCUT2D eigenvalue weighted by Gasteiger charge is -2.40. The third kappa shape index (κ3) is 5.09. The molecule has 0 heterocycles. The largest absolute Gasteiger partial charge is 0.465 e. The van der Waals surface area contributed by atoms with Crippen molar-refractivity contribution in [3.8, 4) is 0 Å². The minimum absolute atomic E-state index is 0.0686. The highest BCUT2D eigenvalue weighted by atomic mass is 16.4. The number of carbonyl (C=O) groups is 1. The molecule has 1 saturated carbocycles. The van der Waals surface area contributed by atoms with Crippen LogP contribution in [-0.2, 0) is 13.1 Å². The Morgan fingerprint density at radius 3 is 2.00 bits per heavy atom. The monoisotopic (exact) mass is 352 g/mol. The number of hydrogen-bond donors (Lipinski definition) is 2. The molecule has 0 aliphatic heterocycles. The van der Waals surface area contributed by atoms with E-state index in [0.29, 0.717) is 12.0 Å². The van der Waals surface area contributed by atoms with Crippen LogP contribution in [-0.4, -0.2) is 28.2 Å². The van der Waals surface area contributed by atoms with Crippen molar-refractivity contribution in [1.29, 1.82) is 0 Å². The summed E-state index contributed by atoms with van der Waals surface area (Å²) in [5, 5.41) is 11.7. The third-order valence-electron chi connectivity index (χ3n) is 5.42. The first-order chi connectivity index (χ1) is 12.6. The fourth-order valence-electron chi connectivity index (χ4n) is 4.02. The van der Waals surface area contributed by atoms with Gasteiger partial charge in [0.1, 0.15) is 0 Å². The van der Waals surface area contributed by atoms with E-state index in [2.05, 4.69) is 77.8 Å². The number of hydrogen-bond acceptors (Lipinski definition) is 2. The summed E-state index contributed by atoms with van der Waals surface area (Å²) in [5.74, 6) is 0.346. The summed E-state index contributed by atoms with van der Waals surface area (Å²) in [5.41, 5.74) is 2.64. The van der Waals surface area contributed by atoms with Crippen LogP contribution in [0, 0.1) is 5.92 Å². The van der Waals surface area contributed by atoms with Gasteiger partial charge in [0.15, 0.2) is 0 Å². The molecular formula is C22H28N2O2. The standard InChI is InChI=1S/C22H28N2O2/c1-17-14-20(12-13-21(17)23-22(25)26)24(15-18-8-4-2-5-9-18)16-19-10-6-3-7-11-19/h2-11,17,20-21,23H,12-16H2,1H3,(H,25,26)/t17-,20+,21+/m0/s1. The molecule has 2 aromatic carbocycles. The van der Waals surface area contributed by atoms with Crippen LogP contribution in [0.2, 0.25) is 0 Å². The molecule has 0 aromatic heterocycles. The number of nitrogens with one attached hydrogen (secondary N) is 1. The van der Waals surface area contributed by atoms with E-state index in [1.807, 2.05) is 0 Å². The summed E-state index contributed by atoms with van der Waals surface area (Å²) in [4.78, 5) is 13.5. The van der Waals surface area contributed by atoms with Crippen molar-refractivity contribution in [3.05, 3.63) is 71.8 Å². The van der Waals surface area contributed by atoms with Gasteiger partial charge >= 0.3 is 6.09 Å². The molecule has 1 amide bonds. The zero-order valence-corrected chi connectivity index (χ0v) is 15.3. The number of amides is 1. The Morgan fingerprint density at radius 1 is 1.00 bits per heavy atom. The molecule has 4 nitrogen and oxygen atoms in total. The number of rotatable bonds is 6. The lowest BCUT2D eigenvalue weighted by Crippen LogP contribution is -2.47. The molecule has 2 aromatic rings. The lowest BCUT2D eigenvalue weighted by molar-refractivity contribution is 0.0999. The van der Waals surface area contributed by atoms with Crippen molar-refractivity contribution in [3.63, 3.8) is 0 Å². The Bertz CT molecular complexity index is 648. The van der Waals surface area contributed by atoms with Gasteiger partial charge in [0, 0.05) is 25.2 Å². The van der Waals surface area contributed by atoms with E-state index < -0.39 is 6.09 Å². The SMILES string of the molecule is C[C@H]1C[C@H](N(Cc2ccccc2)Cc2ccccc2)CC[C@H]1NC(=O)O. The molecule has 138 valence electrons. The average molecular weight is 352 g/mol. The second-order valence-electron chi connectivity index (χ2n) is 7.38. The van der Waals surface area contributed by atoms with E-state index in [0.717, 1.165) is 32.4 Å². The maximum atomic E-state index is 11.0. The molecule has 3 rings (SSSR count). The lowest BCUT2D eigenvalue weighted by atomic mass is 9.82. The summed E-state index contributed by atoms with van der Waals surface area (Å²) in [6.07, 6.45) is 2.03. The highest BCUT2D eigenvalue weighted by Gasteiger charge is 2.31. The van der Waals surface area contributed by atoms with Gasteiger partial charge in [-0.3, -0.25) is 4.90 Å². The molecule has 26 heavy (non-hydrogen) atoms. The van der Waals surface area contributed by atoms with Gasteiger partial charge in [-0.15, -0.1) is 0 Å². The molecule has 0 spiro atoms. The summed E-state index contributed by atoms with van der Waals surface area (Å²) in [7, 11) is 0. The molecule has 0 unspecified atom stereocenters. The van der Waals surface area contributed by atoms with Crippen molar-refractivity contribution >= 4 is 6.09 Å². The first-order valence-corrected chi connectivity index (χ1v) is 9.43. The first kappa shape index (κ1) is 18.5. The fraction of sp³-hybridized carbons (Fsp3) is 0.409. The van der Waals surface area contributed by atoms with Crippen LogP contribution >= 0.6 is 0 Å². The molecule has 2 N–H and O–H groups in total. The van der Waals surface area contributed by atoms with Crippen LogP contribution in [0.1, 0.15) is 37.3 Å². The van der Waals surface area contributed by atoms with E-state index in [1.54, 1.807) is 0 Å². The number of benzene rings is 2. The van der Waals surface area contributed by atoms with Gasteiger partial charge in [0.2, 0.25) is 0 Å². The maximum Gasteiger partial charge on any atom is 0.404 e. The van der Waals surface area contributed by atoms with Crippen LogP contribution in [0.5, 0.6) is 0 Å². The second kappa shape index (κ2) is 8.86. The van der Waals surface area contributed by atoms with Gasteiger partial charge in [-0.2, -0.15) is 0 Å². The highest BCUT2D eigenvalue weighted by Crippen LogP contribution is 2.30. The van der Waals surface area contributed by atoms with Crippen LogP contribution in [0.4, 0.5) is 4.79 Å². The van der Waals surface area contributed by atoms with E-state index in [9.17, 15) is 4.79 Å². The molecule has 1 fully saturated rings. The molecule has 3 atom stereocenters. The van der Waals surface area contributed by atoms with Crippen LogP contribution in [0.15, 0.2) is 60.7 Å². The number of nitrogens with zero attached hydrogens (tertiary/aromatic N) is 1. The van der Waals surface area contributed by atoms with Crippen molar-refractivity contribution in [2.24, 2.45) is 5.92 Å². The molecular weight excluding hydrogens is 324 g/mol. The highest BCUT2D eigenvalue weighted by molar-refractivity contribution is 5.64. The molecule has 0 saturated heterocycles. The predicted molar refractivity (Wildman–Crippen MR) is 104 cm³/mol.